The average Bonchev–Trinajstić information content (AvgIpc) is 2.48. The minimum Gasteiger partial charge on any atom is -0.373 e. The Hall–Kier alpha value is -1.36. The van der Waals surface area contributed by atoms with Crippen molar-refractivity contribution in [2.45, 2.75) is 0 Å². The number of nitrogens with one attached hydrogen (secondary N) is 1. The zero-order valence-corrected chi connectivity index (χ0v) is 8.30. The van der Waals surface area contributed by atoms with Crippen molar-refractivity contribution < 1.29 is 0 Å². The van der Waals surface area contributed by atoms with E-state index in [0.29, 0.717) is 4.77 Å². The van der Waals surface area contributed by atoms with Crippen LogP contribution in [0.5, 0.6) is 0 Å². The third-order valence-electron chi connectivity index (χ3n) is 1.99. The van der Waals surface area contributed by atoms with E-state index < -0.39 is 0 Å². The summed E-state index contributed by atoms with van der Waals surface area (Å²) < 4.78 is 4.44. The number of anilines is 1. The van der Waals surface area contributed by atoms with Crippen LogP contribution in [0.15, 0.2) is 18.5 Å². The molecule has 5 heteroatoms. The zero-order chi connectivity index (χ0) is 9.42. The van der Waals surface area contributed by atoms with Gasteiger partial charge in [0, 0.05) is 32.6 Å². The first-order valence-electron chi connectivity index (χ1n) is 3.95. The van der Waals surface area contributed by atoms with Crippen LogP contribution in [0.1, 0.15) is 0 Å². The lowest BCUT2D eigenvalue weighted by Crippen LogP contribution is -1.98. The van der Waals surface area contributed by atoms with Crippen LogP contribution in [0.3, 0.4) is 0 Å². The number of imidazole rings is 1. The molecule has 0 atom stereocenters. The highest BCUT2D eigenvalue weighted by Crippen LogP contribution is 2.09. The highest BCUT2D eigenvalue weighted by atomic mass is 32.1. The van der Waals surface area contributed by atoms with Crippen molar-refractivity contribution in [2.24, 2.45) is 7.05 Å². The van der Waals surface area contributed by atoms with Gasteiger partial charge in [-0.05, 0) is 12.2 Å². The second-order valence-electron chi connectivity index (χ2n) is 2.81. The first kappa shape index (κ1) is 8.25. The maximum atomic E-state index is 5.12. The number of aromatic nitrogens is 3. The molecule has 1 N–H and O–H groups in total. The fraction of sp³-hybridized carbons (Fsp3) is 0.250. The Morgan fingerprint density at radius 3 is 2.92 bits per heavy atom. The van der Waals surface area contributed by atoms with Gasteiger partial charge in [-0.15, -0.1) is 0 Å². The van der Waals surface area contributed by atoms with Crippen LogP contribution in [0, 0.1) is 4.77 Å². The zero-order valence-electron chi connectivity index (χ0n) is 7.48. The molecule has 0 spiro atoms. The summed E-state index contributed by atoms with van der Waals surface area (Å²) in [6.07, 6.45) is 3.86. The predicted molar refractivity (Wildman–Crippen MR) is 54.5 cm³/mol. The second kappa shape index (κ2) is 2.85. The quantitative estimate of drug-likeness (QED) is 0.698. The second-order valence-corrected chi connectivity index (χ2v) is 3.18. The van der Waals surface area contributed by atoms with E-state index in [1.807, 2.05) is 41.5 Å². The molecule has 0 aromatic carbocycles. The smallest absolute Gasteiger partial charge is 0.207 e. The number of fused-ring (bicyclic) bond motifs is 1. The monoisotopic (exact) mass is 194 g/mol. The maximum Gasteiger partial charge on any atom is 0.207 e. The number of hydrogen-bond donors (Lipinski definition) is 1. The van der Waals surface area contributed by atoms with Gasteiger partial charge in [-0.1, -0.05) is 0 Å². The van der Waals surface area contributed by atoms with Crippen LogP contribution in [-0.4, -0.2) is 21.0 Å². The number of aryl methyl sites for hydroxylation is 1. The molecule has 0 unspecified atom stereocenters. The van der Waals surface area contributed by atoms with Gasteiger partial charge in [-0.25, -0.2) is 4.98 Å². The van der Waals surface area contributed by atoms with Crippen molar-refractivity contribution in [3.8, 4) is 0 Å². The first-order valence-corrected chi connectivity index (χ1v) is 4.35. The Kier molecular flexibility index (Phi) is 1.81. The number of rotatable bonds is 1. The van der Waals surface area contributed by atoms with Crippen LogP contribution in [0.2, 0.25) is 0 Å². The van der Waals surface area contributed by atoms with E-state index in [1.165, 1.54) is 0 Å². The van der Waals surface area contributed by atoms with Crippen LogP contribution < -0.4 is 5.32 Å². The fourth-order valence-corrected chi connectivity index (χ4v) is 1.51. The third kappa shape index (κ3) is 1.21. The van der Waals surface area contributed by atoms with E-state index in [1.54, 1.807) is 0 Å². The van der Waals surface area contributed by atoms with Crippen molar-refractivity contribution in [1.29, 1.82) is 0 Å². The molecule has 0 radical (unpaired) electrons. The molecule has 68 valence electrons. The highest BCUT2D eigenvalue weighted by Gasteiger charge is 2.00. The van der Waals surface area contributed by atoms with Crippen molar-refractivity contribution in [2.75, 3.05) is 12.4 Å². The molecule has 2 rings (SSSR count). The first-order chi connectivity index (χ1) is 6.22. The van der Waals surface area contributed by atoms with E-state index in [9.17, 15) is 0 Å². The average molecular weight is 194 g/mol. The lowest BCUT2D eigenvalue weighted by atomic mass is 10.5. The van der Waals surface area contributed by atoms with Crippen molar-refractivity contribution >= 4 is 23.7 Å². The standard InChI is InChI=1S/C8H10N4S/c1-9-6-5-7-11(2)3-4-12(7)8(13)10-6/h3-5H,1-2H3,(H,9,10,13). The fourth-order valence-electron chi connectivity index (χ4n) is 1.26. The third-order valence-corrected chi connectivity index (χ3v) is 2.28. The Balaban J connectivity index is 2.88. The summed E-state index contributed by atoms with van der Waals surface area (Å²) in [6, 6.07) is 1.95. The minimum absolute atomic E-state index is 0.572. The van der Waals surface area contributed by atoms with Gasteiger partial charge in [0.05, 0.1) is 0 Å². The van der Waals surface area contributed by atoms with Crippen molar-refractivity contribution in [1.82, 2.24) is 14.0 Å². The van der Waals surface area contributed by atoms with Crippen LogP contribution in [-0.2, 0) is 7.05 Å². The van der Waals surface area contributed by atoms with Gasteiger partial charge >= 0.3 is 0 Å². The SMILES string of the molecule is CNc1cc2n(C)ccn2c(=S)n1. The lowest BCUT2D eigenvalue weighted by Gasteiger charge is -2.01. The summed E-state index contributed by atoms with van der Waals surface area (Å²) >= 11 is 5.12. The summed E-state index contributed by atoms with van der Waals surface area (Å²) in [7, 11) is 3.81. The van der Waals surface area contributed by atoms with E-state index >= 15 is 0 Å². The lowest BCUT2D eigenvalue weighted by molar-refractivity contribution is 0.940. The van der Waals surface area contributed by atoms with Gasteiger partial charge in [0.25, 0.3) is 0 Å². The molecule has 4 nitrogen and oxygen atoms in total. The molecule has 2 aromatic rings. The molecule has 0 bridgehead atoms. The largest absolute Gasteiger partial charge is 0.373 e. The molecule has 0 amide bonds. The van der Waals surface area contributed by atoms with Crippen molar-refractivity contribution in [3.05, 3.63) is 23.2 Å². The van der Waals surface area contributed by atoms with Crippen LogP contribution in [0.25, 0.3) is 5.65 Å². The normalized spacial score (nSPS) is 10.6. The van der Waals surface area contributed by atoms with Crippen molar-refractivity contribution in [3.63, 3.8) is 0 Å². The number of nitrogens with zero attached hydrogens (tertiary/aromatic N) is 3. The summed E-state index contributed by atoms with van der Waals surface area (Å²) in [5, 5.41) is 2.97. The van der Waals surface area contributed by atoms with Gasteiger partial charge in [-0.3, -0.25) is 4.40 Å². The van der Waals surface area contributed by atoms with Crippen LogP contribution >= 0.6 is 12.2 Å². The van der Waals surface area contributed by atoms with E-state index in [2.05, 4.69) is 10.3 Å². The Morgan fingerprint density at radius 2 is 2.23 bits per heavy atom. The summed E-state index contributed by atoms with van der Waals surface area (Å²) in [4.78, 5) is 4.19. The van der Waals surface area contributed by atoms with Crippen LogP contribution in [0.4, 0.5) is 5.82 Å². The molecule has 0 aliphatic rings. The van der Waals surface area contributed by atoms with Gasteiger partial charge in [-0.2, -0.15) is 0 Å². The van der Waals surface area contributed by atoms with E-state index in [4.69, 9.17) is 12.2 Å². The molecular weight excluding hydrogens is 184 g/mol. The van der Waals surface area contributed by atoms with Gasteiger partial charge in [0.1, 0.15) is 11.5 Å². The topological polar surface area (TPSA) is 34.3 Å². The van der Waals surface area contributed by atoms with E-state index in [-0.39, 0.29) is 0 Å². The van der Waals surface area contributed by atoms with E-state index in [0.717, 1.165) is 11.5 Å². The van der Waals surface area contributed by atoms with Gasteiger partial charge in [0.15, 0.2) is 0 Å². The molecular formula is C8H10N4S. The van der Waals surface area contributed by atoms with Gasteiger partial charge < -0.3 is 9.88 Å². The predicted octanol–water partition coefficient (Wildman–Crippen LogP) is 1.44. The highest BCUT2D eigenvalue weighted by molar-refractivity contribution is 7.71. The van der Waals surface area contributed by atoms with Gasteiger partial charge in [0.2, 0.25) is 4.77 Å². The molecule has 0 aliphatic heterocycles. The molecule has 0 aliphatic carbocycles. The summed E-state index contributed by atoms with van der Waals surface area (Å²) in [5.74, 6) is 0.798. The molecule has 0 saturated carbocycles. The Morgan fingerprint density at radius 1 is 1.46 bits per heavy atom. The molecule has 2 aromatic heterocycles. The molecule has 13 heavy (non-hydrogen) atoms. The molecule has 0 fully saturated rings. The Bertz CT molecular complexity index is 496. The summed E-state index contributed by atoms with van der Waals surface area (Å²) in [5.41, 5.74) is 1.03. The minimum atomic E-state index is 0.572. The Labute approximate surface area is 80.8 Å². The maximum absolute atomic E-state index is 5.12. The molecule has 2 heterocycles. The summed E-state index contributed by atoms with van der Waals surface area (Å²) in [6.45, 7) is 0. The molecule has 0 saturated heterocycles. The number of hydrogen-bond acceptors (Lipinski definition) is 3.